The summed E-state index contributed by atoms with van der Waals surface area (Å²) in [5.74, 6) is -2.48. The lowest BCUT2D eigenvalue weighted by molar-refractivity contribution is 0.0841. The van der Waals surface area contributed by atoms with Gasteiger partial charge in [0, 0.05) is 13.2 Å². The van der Waals surface area contributed by atoms with Gasteiger partial charge in [-0.15, -0.1) is 0 Å². The van der Waals surface area contributed by atoms with Crippen molar-refractivity contribution < 1.29 is 29.6 Å². The maximum atomic E-state index is 11.6. The highest BCUT2D eigenvalue weighted by atomic mass is 16.5. The highest BCUT2D eigenvalue weighted by molar-refractivity contribution is 6.03. The first-order valence-electron chi connectivity index (χ1n) is 4.37. The van der Waals surface area contributed by atoms with Gasteiger partial charge in [0.05, 0.1) is 7.11 Å². The van der Waals surface area contributed by atoms with E-state index in [1.165, 1.54) is 14.2 Å². The molecule has 0 aliphatic carbocycles. The highest BCUT2D eigenvalue weighted by Crippen LogP contribution is 2.43. The third-order valence-electron chi connectivity index (χ3n) is 1.97. The molecule has 0 spiro atoms. The smallest absolute Gasteiger partial charge is 0.201 e. The van der Waals surface area contributed by atoms with Crippen LogP contribution in [0.1, 0.15) is 10.4 Å². The molecule has 1 aromatic rings. The van der Waals surface area contributed by atoms with E-state index >= 15 is 0 Å². The summed E-state index contributed by atoms with van der Waals surface area (Å²) in [5, 5.41) is 28.2. The van der Waals surface area contributed by atoms with E-state index in [0.29, 0.717) is 0 Å². The molecule has 88 valence electrons. The van der Waals surface area contributed by atoms with Crippen LogP contribution in [0.4, 0.5) is 0 Å². The zero-order valence-electron chi connectivity index (χ0n) is 8.85. The molecule has 6 heteroatoms. The Morgan fingerprint density at radius 3 is 2.38 bits per heavy atom. The molecule has 0 saturated carbocycles. The van der Waals surface area contributed by atoms with Crippen LogP contribution < -0.4 is 4.74 Å². The number of phenols is 3. The van der Waals surface area contributed by atoms with Gasteiger partial charge in [0.15, 0.2) is 17.3 Å². The predicted molar refractivity (Wildman–Crippen MR) is 54.2 cm³/mol. The molecule has 0 fully saturated rings. The minimum absolute atomic E-state index is 0.223. The van der Waals surface area contributed by atoms with Crippen molar-refractivity contribution in [2.24, 2.45) is 0 Å². The van der Waals surface area contributed by atoms with Crippen LogP contribution in [0.3, 0.4) is 0 Å². The Bertz CT molecular complexity index is 412. The topological polar surface area (TPSA) is 96.2 Å². The van der Waals surface area contributed by atoms with Crippen LogP contribution >= 0.6 is 0 Å². The maximum Gasteiger partial charge on any atom is 0.201 e. The Labute approximate surface area is 91.7 Å². The molecule has 16 heavy (non-hydrogen) atoms. The minimum atomic E-state index is -0.597. The summed E-state index contributed by atoms with van der Waals surface area (Å²) in [6, 6.07) is 0.862. The second-order valence-electron chi connectivity index (χ2n) is 3.03. The first-order chi connectivity index (χ1) is 7.52. The van der Waals surface area contributed by atoms with Crippen molar-refractivity contribution in [3.8, 4) is 23.0 Å². The van der Waals surface area contributed by atoms with Crippen molar-refractivity contribution in [1.29, 1.82) is 0 Å². The third-order valence-corrected chi connectivity index (χ3v) is 1.97. The average molecular weight is 228 g/mol. The number of carbonyl (C=O) groups excluding carboxylic acids is 1. The third kappa shape index (κ3) is 2.01. The number of phenolic OH excluding ortho intramolecular Hbond substituents is 3. The van der Waals surface area contributed by atoms with Crippen LogP contribution in [0.15, 0.2) is 6.07 Å². The summed E-state index contributed by atoms with van der Waals surface area (Å²) in [4.78, 5) is 11.6. The van der Waals surface area contributed by atoms with Crippen molar-refractivity contribution in [3.05, 3.63) is 11.6 Å². The largest absolute Gasteiger partial charge is 0.507 e. The predicted octanol–water partition coefficient (Wildman–Crippen LogP) is 0.641. The summed E-state index contributed by atoms with van der Waals surface area (Å²) in [6.07, 6.45) is 0. The molecule has 6 nitrogen and oxygen atoms in total. The summed E-state index contributed by atoms with van der Waals surface area (Å²) >= 11 is 0. The lowest BCUT2D eigenvalue weighted by Gasteiger charge is -2.12. The van der Waals surface area contributed by atoms with Gasteiger partial charge in [-0.3, -0.25) is 4.79 Å². The van der Waals surface area contributed by atoms with Crippen molar-refractivity contribution in [1.82, 2.24) is 0 Å². The van der Waals surface area contributed by atoms with E-state index in [4.69, 9.17) is 4.74 Å². The quantitative estimate of drug-likeness (QED) is 0.397. The van der Waals surface area contributed by atoms with Gasteiger partial charge in [-0.1, -0.05) is 0 Å². The molecular formula is C10H12O6. The van der Waals surface area contributed by atoms with Crippen molar-refractivity contribution in [3.63, 3.8) is 0 Å². The fourth-order valence-electron chi connectivity index (χ4n) is 1.29. The number of hydrogen-bond acceptors (Lipinski definition) is 6. The summed E-state index contributed by atoms with van der Waals surface area (Å²) < 4.78 is 9.38. The van der Waals surface area contributed by atoms with E-state index in [0.717, 1.165) is 6.07 Å². The molecule has 0 unspecified atom stereocenters. The summed E-state index contributed by atoms with van der Waals surface area (Å²) in [5.41, 5.74) is -0.223. The molecule has 0 bridgehead atoms. The van der Waals surface area contributed by atoms with E-state index in [1.54, 1.807) is 0 Å². The number of carbonyl (C=O) groups is 1. The number of ketones is 1. The van der Waals surface area contributed by atoms with Gasteiger partial charge in [-0.2, -0.15) is 0 Å². The molecule has 0 aromatic heterocycles. The summed E-state index contributed by atoms with van der Waals surface area (Å²) in [6.45, 7) is -0.270. The zero-order valence-corrected chi connectivity index (χ0v) is 8.85. The Hall–Kier alpha value is -1.95. The van der Waals surface area contributed by atoms with Gasteiger partial charge in [0.2, 0.25) is 5.75 Å². The lowest BCUT2D eigenvalue weighted by atomic mass is 10.1. The molecule has 0 heterocycles. The average Bonchev–Trinajstić information content (AvgIpc) is 2.23. The van der Waals surface area contributed by atoms with Crippen LogP contribution in [0, 0.1) is 0 Å². The SMILES string of the molecule is COCC(=O)c1c(O)cc(O)c(O)c1OC. The number of methoxy groups -OCH3 is 2. The Morgan fingerprint density at radius 2 is 1.88 bits per heavy atom. The molecule has 0 aliphatic rings. The molecule has 0 atom stereocenters. The number of rotatable bonds is 4. The Balaban J connectivity index is 3.36. The van der Waals surface area contributed by atoms with Gasteiger partial charge in [-0.25, -0.2) is 0 Å². The number of benzene rings is 1. The van der Waals surface area contributed by atoms with Gasteiger partial charge in [0.25, 0.3) is 0 Å². The van der Waals surface area contributed by atoms with Gasteiger partial charge >= 0.3 is 0 Å². The van der Waals surface area contributed by atoms with Crippen LogP contribution in [0.25, 0.3) is 0 Å². The van der Waals surface area contributed by atoms with Crippen LogP contribution in [-0.4, -0.2) is 41.9 Å². The van der Waals surface area contributed by atoms with E-state index < -0.39 is 23.0 Å². The first kappa shape index (κ1) is 12.1. The second-order valence-corrected chi connectivity index (χ2v) is 3.03. The molecule has 3 N–H and O–H groups in total. The van der Waals surface area contributed by atoms with Gasteiger partial charge in [-0.05, 0) is 0 Å². The summed E-state index contributed by atoms with van der Waals surface area (Å²) in [7, 11) is 2.53. The number of ether oxygens (including phenoxy) is 2. The molecule has 0 aliphatic heterocycles. The molecule has 1 aromatic carbocycles. The molecule has 1 rings (SSSR count). The Morgan fingerprint density at radius 1 is 1.25 bits per heavy atom. The van der Waals surface area contributed by atoms with Crippen LogP contribution in [0.5, 0.6) is 23.0 Å². The number of hydrogen-bond donors (Lipinski definition) is 3. The Kier molecular flexibility index (Phi) is 3.57. The van der Waals surface area contributed by atoms with Crippen LogP contribution in [-0.2, 0) is 4.74 Å². The zero-order chi connectivity index (χ0) is 12.3. The monoisotopic (exact) mass is 228 g/mol. The van der Waals surface area contributed by atoms with Gasteiger partial charge < -0.3 is 24.8 Å². The second kappa shape index (κ2) is 4.71. The van der Waals surface area contributed by atoms with Crippen molar-refractivity contribution in [2.45, 2.75) is 0 Å². The molecule has 0 amide bonds. The first-order valence-corrected chi connectivity index (χ1v) is 4.37. The van der Waals surface area contributed by atoms with Crippen molar-refractivity contribution >= 4 is 5.78 Å². The fourth-order valence-corrected chi connectivity index (χ4v) is 1.29. The normalized spacial score (nSPS) is 10.1. The standard InChI is InChI=1S/C10H12O6/c1-15-4-7(13)8-5(11)3-6(12)9(14)10(8)16-2/h3,11-12,14H,4H2,1-2H3. The number of Topliss-reactive ketones (excluding diaryl/α,β-unsaturated/α-hetero) is 1. The molecule has 0 radical (unpaired) electrons. The fraction of sp³-hybridized carbons (Fsp3) is 0.300. The van der Waals surface area contributed by atoms with Crippen molar-refractivity contribution in [2.75, 3.05) is 20.8 Å². The molecular weight excluding hydrogens is 216 g/mol. The highest BCUT2D eigenvalue weighted by Gasteiger charge is 2.23. The number of aromatic hydroxyl groups is 3. The maximum absolute atomic E-state index is 11.6. The minimum Gasteiger partial charge on any atom is -0.507 e. The van der Waals surface area contributed by atoms with Crippen LogP contribution in [0.2, 0.25) is 0 Å². The van der Waals surface area contributed by atoms with Gasteiger partial charge in [0.1, 0.15) is 17.9 Å². The lowest BCUT2D eigenvalue weighted by Crippen LogP contribution is -2.09. The van der Waals surface area contributed by atoms with E-state index in [-0.39, 0.29) is 17.9 Å². The molecule has 0 saturated heterocycles. The van der Waals surface area contributed by atoms with E-state index in [9.17, 15) is 20.1 Å². The van der Waals surface area contributed by atoms with E-state index in [1.807, 2.05) is 0 Å². The van der Waals surface area contributed by atoms with E-state index in [2.05, 4.69) is 4.74 Å².